The number of aryl methyl sites for hydroxylation is 1. The van der Waals surface area contributed by atoms with Gasteiger partial charge < -0.3 is 19.9 Å². The van der Waals surface area contributed by atoms with Crippen LogP contribution in [0.4, 0.5) is 10.1 Å². The van der Waals surface area contributed by atoms with Gasteiger partial charge in [-0.15, -0.1) is 0 Å². The maximum atomic E-state index is 15.6. The summed E-state index contributed by atoms with van der Waals surface area (Å²) >= 11 is 0. The van der Waals surface area contributed by atoms with Crippen molar-refractivity contribution in [3.8, 4) is 16.9 Å². The summed E-state index contributed by atoms with van der Waals surface area (Å²) in [5, 5.41) is 9.52. The number of ether oxygens (including phenoxy) is 1. The highest BCUT2D eigenvalue weighted by Crippen LogP contribution is 2.34. The summed E-state index contributed by atoms with van der Waals surface area (Å²) in [4.78, 5) is 82.3. The summed E-state index contributed by atoms with van der Waals surface area (Å²) in [7, 11) is 4.85. The fourth-order valence-electron chi connectivity index (χ4n) is 7.34. The molecular formula is C41H46FN7O7. The Hall–Kier alpha value is -5.96. The zero-order chi connectivity index (χ0) is 39.9. The Morgan fingerprint density at radius 2 is 1.73 bits per heavy atom. The lowest BCUT2D eigenvalue weighted by molar-refractivity contribution is -0.136. The number of nitrogens with one attached hydrogen (secondary N) is 3. The lowest BCUT2D eigenvalue weighted by Crippen LogP contribution is -2.54. The summed E-state index contributed by atoms with van der Waals surface area (Å²) in [6.07, 6.45) is 10.5. The molecule has 3 N–H and O–H groups in total. The van der Waals surface area contributed by atoms with Crippen molar-refractivity contribution in [3.05, 3.63) is 87.9 Å². The van der Waals surface area contributed by atoms with E-state index in [2.05, 4.69) is 20.9 Å². The van der Waals surface area contributed by atoms with Gasteiger partial charge in [-0.2, -0.15) is 0 Å². The van der Waals surface area contributed by atoms with Crippen LogP contribution in [0, 0.1) is 5.82 Å². The van der Waals surface area contributed by atoms with Crippen LogP contribution >= 0.6 is 0 Å². The first-order valence-corrected chi connectivity index (χ1v) is 18.8. The van der Waals surface area contributed by atoms with Gasteiger partial charge in [-0.3, -0.25) is 48.9 Å². The molecule has 56 heavy (non-hydrogen) atoms. The minimum absolute atomic E-state index is 0.0674. The van der Waals surface area contributed by atoms with Crippen LogP contribution in [0.5, 0.6) is 5.75 Å². The third kappa shape index (κ3) is 8.62. The zero-order valence-corrected chi connectivity index (χ0v) is 31.8. The average Bonchev–Trinajstić information content (AvgIpc) is 3.43. The highest BCUT2D eigenvalue weighted by molar-refractivity contribution is 6.25. The number of halogens is 1. The topological polar surface area (TPSA) is 172 Å². The van der Waals surface area contributed by atoms with Crippen LogP contribution < -0.4 is 26.2 Å². The number of piperidine rings is 1. The van der Waals surface area contributed by atoms with Gasteiger partial charge in [-0.25, -0.2) is 4.39 Å². The molecule has 0 spiro atoms. The van der Waals surface area contributed by atoms with Gasteiger partial charge in [-0.1, -0.05) is 31.7 Å². The van der Waals surface area contributed by atoms with E-state index in [0.717, 1.165) is 43.4 Å². The molecule has 1 saturated heterocycles. The molecule has 0 saturated carbocycles. The van der Waals surface area contributed by atoms with Gasteiger partial charge in [0.15, 0.2) is 0 Å². The van der Waals surface area contributed by atoms with Gasteiger partial charge in [0.2, 0.25) is 17.7 Å². The maximum absolute atomic E-state index is 15.6. The van der Waals surface area contributed by atoms with E-state index in [0.29, 0.717) is 52.0 Å². The van der Waals surface area contributed by atoms with E-state index in [-0.39, 0.29) is 48.5 Å². The number of imide groups is 2. The van der Waals surface area contributed by atoms with E-state index >= 15 is 4.39 Å². The van der Waals surface area contributed by atoms with Crippen molar-refractivity contribution in [1.82, 2.24) is 30.0 Å². The SMILES string of the molecule is COc1cc(-c2cn(C)c(=O)c3cnccc23)cc(F)c1CN(C)CC(=O)NCCCCCCCCNc1cccc2c1C(=O)N(C1CCC(=O)NC1=O)C2=O. The van der Waals surface area contributed by atoms with Gasteiger partial charge in [0, 0.05) is 68.5 Å². The Morgan fingerprint density at radius 1 is 0.982 bits per heavy atom. The molecule has 2 aliphatic heterocycles. The number of aromatic nitrogens is 2. The van der Waals surface area contributed by atoms with Gasteiger partial charge in [0.25, 0.3) is 17.4 Å². The number of methoxy groups -OCH3 is 1. The highest BCUT2D eigenvalue weighted by atomic mass is 19.1. The molecule has 1 atom stereocenters. The normalized spacial score (nSPS) is 15.4. The third-order valence-electron chi connectivity index (χ3n) is 10.2. The number of carbonyl (C=O) groups excluding carboxylic acids is 5. The van der Waals surface area contributed by atoms with Crippen LogP contribution in [0.1, 0.15) is 77.6 Å². The Morgan fingerprint density at radius 3 is 2.48 bits per heavy atom. The first-order valence-electron chi connectivity index (χ1n) is 18.8. The number of hydrogen-bond donors (Lipinski definition) is 3. The molecule has 6 rings (SSSR count). The number of carbonyl (C=O) groups is 5. The molecule has 4 aromatic rings. The zero-order valence-electron chi connectivity index (χ0n) is 31.8. The molecule has 1 fully saturated rings. The average molecular weight is 768 g/mol. The number of nitrogens with zero attached hydrogens (tertiary/aromatic N) is 4. The molecule has 0 bridgehead atoms. The van der Waals surface area contributed by atoms with Crippen LogP contribution in [-0.2, 0) is 28.0 Å². The number of unbranched alkanes of at least 4 members (excludes halogenated alkanes) is 5. The monoisotopic (exact) mass is 767 g/mol. The molecule has 2 aromatic carbocycles. The molecule has 0 radical (unpaired) electrons. The summed E-state index contributed by atoms with van der Waals surface area (Å²) in [5.74, 6) is -2.41. The first-order chi connectivity index (χ1) is 27.0. The second kappa shape index (κ2) is 17.7. The van der Waals surface area contributed by atoms with Crippen molar-refractivity contribution >= 4 is 46.0 Å². The molecule has 15 heteroatoms. The predicted molar refractivity (Wildman–Crippen MR) is 208 cm³/mol. The van der Waals surface area contributed by atoms with E-state index < -0.39 is 35.5 Å². The largest absolute Gasteiger partial charge is 0.496 e. The van der Waals surface area contributed by atoms with Gasteiger partial charge in [0.1, 0.15) is 17.6 Å². The lowest BCUT2D eigenvalue weighted by Gasteiger charge is -2.27. The standard InChI is InChI=1S/C41H46FN7O7/c1-47(22-30-31(42)19-25(20-34(30)56-3)29-23-48(2)39(53)28-21-43-18-15-26(28)29)24-36(51)45-17-9-7-5-4-6-8-16-44-32-12-10-11-27-37(32)41(55)49(40(27)54)33-13-14-35(50)46-38(33)52/h10-12,15,18-21,23,33,44H,4-9,13-14,16-17,22,24H2,1-3H3,(H,45,51)(H,46,50,52). The van der Waals surface area contributed by atoms with E-state index in [1.165, 1.54) is 23.9 Å². The van der Waals surface area contributed by atoms with Crippen molar-refractivity contribution in [2.24, 2.45) is 7.05 Å². The summed E-state index contributed by atoms with van der Waals surface area (Å²) in [6, 6.07) is 8.90. The maximum Gasteiger partial charge on any atom is 0.264 e. The first kappa shape index (κ1) is 39.7. The fourth-order valence-corrected chi connectivity index (χ4v) is 7.34. The lowest BCUT2D eigenvalue weighted by atomic mass is 9.99. The molecule has 5 amide bonds. The van der Waals surface area contributed by atoms with Crippen LogP contribution in [0.2, 0.25) is 0 Å². The molecule has 1 unspecified atom stereocenters. The summed E-state index contributed by atoms with van der Waals surface area (Å²) in [6.45, 7) is 1.36. The van der Waals surface area contributed by atoms with Crippen molar-refractivity contribution in [2.75, 3.05) is 39.1 Å². The quantitative estimate of drug-likeness (QED) is 0.105. The van der Waals surface area contributed by atoms with Crippen LogP contribution in [0.25, 0.3) is 21.9 Å². The van der Waals surface area contributed by atoms with E-state index in [1.54, 1.807) is 61.7 Å². The number of rotatable bonds is 17. The Balaban J connectivity index is 0.888. The third-order valence-corrected chi connectivity index (χ3v) is 10.2. The minimum Gasteiger partial charge on any atom is -0.496 e. The van der Waals surface area contributed by atoms with Crippen molar-refractivity contribution in [1.29, 1.82) is 0 Å². The van der Waals surface area contributed by atoms with Crippen molar-refractivity contribution < 1.29 is 33.1 Å². The van der Waals surface area contributed by atoms with E-state index in [9.17, 15) is 28.8 Å². The Labute approximate surface area is 323 Å². The van der Waals surface area contributed by atoms with Crippen LogP contribution in [0.15, 0.2) is 59.8 Å². The molecule has 4 heterocycles. The van der Waals surface area contributed by atoms with E-state index in [4.69, 9.17) is 4.74 Å². The number of fused-ring (bicyclic) bond motifs is 2. The number of anilines is 1. The van der Waals surface area contributed by atoms with Gasteiger partial charge in [0.05, 0.1) is 30.2 Å². The summed E-state index contributed by atoms with van der Waals surface area (Å²) in [5.41, 5.74) is 2.40. The molecule has 294 valence electrons. The Bertz CT molecular complexity index is 2240. The minimum atomic E-state index is -1.00. The number of benzene rings is 2. The second-order valence-corrected chi connectivity index (χ2v) is 14.3. The molecular weight excluding hydrogens is 721 g/mol. The number of likely N-dealkylation sites (N-methyl/N-ethyl adjacent to an activating group) is 1. The van der Waals surface area contributed by atoms with Crippen LogP contribution in [0.3, 0.4) is 0 Å². The van der Waals surface area contributed by atoms with Gasteiger partial charge in [-0.05, 0) is 67.6 Å². The molecule has 2 aromatic heterocycles. The van der Waals surface area contributed by atoms with Gasteiger partial charge >= 0.3 is 0 Å². The second-order valence-electron chi connectivity index (χ2n) is 14.3. The fraction of sp³-hybridized carbons (Fsp3) is 0.390. The molecule has 2 aliphatic rings. The smallest absolute Gasteiger partial charge is 0.264 e. The van der Waals surface area contributed by atoms with Crippen molar-refractivity contribution in [2.45, 2.75) is 64.0 Å². The number of hydrogen-bond acceptors (Lipinski definition) is 10. The van der Waals surface area contributed by atoms with Crippen molar-refractivity contribution in [3.63, 3.8) is 0 Å². The van der Waals surface area contributed by atoms with E-state index in [1.807, 2.05) is 0 Å². The highest BCUT2D eigenvalue weighted by Gasteiger charge is 2.45. The molecule has 0 aliphatic carbocycles. The number of amides is 5. The number of pyridine rings is 2. The predicted octanol–water partition coefficient (Wildman–Crippen LogP) is 4.15. The Kier molecular flexibility index (Phi) is 12.5. The molecule has 14 nitrogen and oxygen atoms in total. The summed E-state index contributed by atoms with van der Waals surface area (Å²) < 4.78 is 22.6. The van der Waals surface area contributed by atoms with Crippen LogP contribution in [-0.4, -0.2) is 88.7 Å².